The minimum absolute atomic E-state index is 0.298. The number of aromatic nitrogens is 3. The molecule has 0 unspecified atom stereocenters. The predicted octanol–water partition coefficient (Wildman–Crippen LogP) is -0.195. The number of furan rings is 1. The van der Waals surface area contributed by atoms with Crippen LogP contribution in [0.2, 0.25) is 0 Å². The van der Waals surface area contributed by atoms with Crippen molar-refractivity contribution in [2.24, 2.45) is 10.7 Å². The van der Waals surface area contributed by atoms with E-state index in [2.05, 4.69) is 31.9 Å². The third kappa shape index (κ3) is 2.86. The molecule has 3 heterocycles. The Hall–Kier alpha value is -2.61. The molecular weight excluding hydrogens is 282 g/mol. The van der Waals surface area contributed by atoms with Gasteiger partial charge in [-0.15, -0.1) is 9.67 Å². The van der Waals surface area contributed by atoms with Crippen molar-refractivity contribution < 1.29 is 9.10 Å². The topological polar surface area (TPSA) is 99.3 Å². The van der Waals surface area contributed by atoms with E-state index in [9.17, 15) is 0 Å². The highest BCUT2D eigenvalue weighted by molar-refractivity contribution is 5.69. The first-order valence-corrected chi connectivity index (χ1v) is 7.17. The number of hydrogen-bond donors (Lipinski definition) is 3. The SMILES string of the molecule is C=C(N=C(N)[n+]1[nH]c(-c2ccco2)nc1C)N1CCNCC1. The van der Waals surface area contributed by atoms with Crippen LogP contribution in [0.5, 0.6) is 0 Å². The molecule has 0 saturated carbocycles. The lowest BCUT2D eigenvalue weighted by Crippen LogP contribution is -2.53. The van der Waals surface area contributed by atoms with Crippen LogP contribution < -0.4 is 15.7 Å². The average molecular weight is 302 g/mol. The highest BCUT2D eigenvalue weighted by Gasteiger charge is 2.20. The molecule has 0 bridgehead atoms. The van der Waals surface area contributed by atoms with Crippen molar-refractivity contribution in [3.63, 3.8) is 0 Å². The molecule has 0 aromatic carbocycles. The van der Waals surface area contributed by atoms with Crippen molar-refractivity contribution in [1.82, 2.24) is 20.3 Å². The minimum Gasteiger partial charge on any atom is -0.460 e. The van der Waals surface area contributed by atoms with Crippen LogP contribution in [0.4, 0.5) is 0 Å². The Kier molecular flexibility index (Phi) is 3.92. The summed E-state index contributed by atoms with van der Waals surface area (Å²) < 4.78 is 6.94. The summed E-state index contributed by atoms with van der Waals surface area (Å²) in [5.41, 5.74) is 6.08. The Morgan fingerprint density at radius 3 is 2.95 bits per heavy atom. The number of aryl methyl sites for hydroxylation is 1. The Morgan fingerprint density at radius 2 is 2.27 bits per heavy atom. The number of rotatable bonds is 3. The van der Waals surface area contributed by atoms with Gasteiger partial charge in [-0.3, -0.25) is 0 Å². The third-order valence-corrected chi connectivity index (χ3v) is 3.52. The first-order valence-electron chi connectivity index (χ1n) is 7.17. The molecule has 0 amide bonds. The largest absolute Gasteiger partial charge is 0.460 e. The number of H-pyrrole nitrogens is 1. The van der Waals surface area contributed by atoms with Crippen LogP contribution in [0.15, 0.2) is 40.2 Å². The van der Waals surface area contributed by atoms with Gasteiger partial charge in [0.25, 0.3) is 5.82 Å². The van der Waals surface area contributed by atoms with Crippen LogP contribution >= 0.6 is 0 Å². The molecule has 1 aliphatic heterocycles. The van der Waals surface area contributed by atoms with Gasteiger partial charge in [0, 0.05) is 33.1 Å². The first-order chi connectivity index (χ1) is 10.6. The minimum atomic E-state index is 0.298. The van der Waals surface area contributed by atoms with E-state index in [4.69, 9.17) is 10.2 Å². The average Bonchev–Trinajstić information content (AvgIpc) is 3.17. The van der Waals surface area contributed by atoms with Crippen LogP contribution in [0.25, 0.3) is 11.6 Å². The molecular formula is C14H20N7O+. The van der Waals surface area contributed by atoms with E-state index in [0.29, 0.717) is 29.2 Å². The van der Waals surface area contributed by atoms with Gasteiger partial charge >= 0.3 is 5.96 Å². The smallest absolute Gasteiger partial charge is 0.368 e. The lowest BCUT2D eigenvalue weighted by molar-refractivity contribution is -0.626. The molecule has 2 aromatic heterocycles. The molecule has 3 rings (SSSR count). The Bertz CT molecular complexity index is 680. The number of aliphatic imine (C=N–C) groups is 1. The van der Waals surface area contributed by atoms with E-state index in [1.165, 1.54) is 0 Å². The molecule has 0 atom stereocenters. The van der Waals surface area contributed by atoms with Gasteiger partial charge in [-0.25, -0.2) is 5.10 Å². The summed E-state index contributed by atoms with van der Waals surface area (Å²) in [6, 6.07) is 3.64. The normalized spacial score (nSPS) is 16.0. The van der Waals surface area contributed by atoms with E-state index < -0.39 is 0 Å². The van der Waals surface area contributed by atoms with Crippen LogP contribution in [-0.2, 0) is 0 Å². The van der Waals surface area contributed by atoms with E-state index in [0.717, 1.165) is 26.2 Å². The lowest BCUT2D eigenvalue weighted by atomic mass is 10.4. The molecule has 4 N–H and O–H groups in total. The zero-order valence-corrected chi connectivity index (χ0v) is 12.5. The van der Waals surface area contributed by atoms with Crippen molar-refractivity contribution in [1.29, 1.82) is 0 Å². The number of nitrogens with zero attached hydrogens (tertiary/aromatic N) is 4. The van der Waals surface area contributed by atoms with Crippen molar-refractivity contribution in [2.75, 3.05) is 26.2 Å². The molecule has 22 heavy (non-hydrogen) atoms. The molecule has 116 valence electrons. The van der Waals surface area contributed by atoms with Gasteiger partial charge in [-0.05, 0) is 18.7 Å². The zero-order valence-electron chi connectivity index (χ0n) is 12.5. The summed E-state index contributed by atoms with van der Waals surface area (Å²) in [4.78, 5) is 10.9. The van der Waals surface area contributed by atoms with Gasteiger partial charge in [0.15, 0.2) is 11.6 Å². The molecule has 8 nitrogen and oxygen atoms in total. The highest BCUT2D eigenvalue weighted by Crippen LogP contribution is 2.13. The highest BCUT2D eigenvalue weighted by atomic mass is 16.3. The number of nitrogens with two attached hydrogens (primary N) is 1. The summed E-state index contributed by atoms with van der Waals surface area (Å²) in [5, 5.41) is 6.36. The van der Waals surface area contributed by atoms with Gasteiger partial charge in [-0.1, -0.05) is 4.99 Å². The Labute approximate surface area is 128 Å². The van der Waals surface area contributed by atoms with Gasteiger partial charge in [0.1, 0.15) is 0 Å². The van der Waals surface area contributed by atoms with Crippen molar-refractivity contribution in [3.8, 4) is 11.6 Å². The van der Waals surface area contributed by atoms with Crippen molar-refractivity contribution in [3.05, 3.63) is 36.6 Å². The van der Waals surface area contributed by atoms with Crippen LogP contribution in [0.3, 0.4) is 0 Å². The van der Waals surface area contributed by atoms with Gasteiger partial charge < -0.3 is 20.4 Å². The number of piperazine rings is 1. The summed E-state index contributed by atoms with van der Waals surface area (Å²) in [6.45, 7) is 9.44. The monoisotopic (exact) mass is 302 g/mol. The molecule has 1 aliphatic rings. The molecule has 0 spiro atoms. The molecule has 1 fully saturated rings. The summed E-state index contributed by atoms with van der Waals surface area (Å²) in [7, 11) is 0. The number of hydrogen-bond acceptors (Lipinski definition) is 5. The second-order valence-corrected chi connectivity index (χ2v) is 5.06. The molecule has 0 aliphatic carbocycles. The fraction of sp³-hybridized carbons (Fsp3) is 0.357. The summed E-state index contributed by atoms with van der Waals surface area (Å²) in [5.74, 6) is 2.90. The second kappa shape index (κ2) is 6.02. The first kappa shape index (κ1) is 14.3. The van der Waals surface area contributed by atoms with Crippen LogP contribution in [-0.4, -0.2) is 47.1 Å². The molecule has 0 radical (unpaired) electrons. The fourth-order valence-corrected chi connectivity index (χ4v) is 2.35. The lowest BCUT2D eigenvalue weighted by Gasteiger charge is -2.27. The van der Waals surface area contributed by atoms with E-state index in [1.807, 2.05) is 13.0 Å². The fourth-order valence-electron chi connectivity index (χ4n) is 2.35. The molecule has 1 saturated heterocycles. The maximum absolute atomic E-state index is 6.08. The molecule has 2 aromatic rings. The quantitative estimate of drug-likeness (QED) is 0.414. The predicted molar refractivity (Wildman–Crippen MR) is 81.8 cm³/mol. The number of aromatic amines is 1. The van der Waals surface area contributed by atoms with Gasteiger partial charge in [0.2, 0.25) is 5.82 Å². The Balaban J connectivity index is 1.80. The van der Waals surface area contributed by atoms with Gasteiger partial charge in [-0.2, -0.15) is 0 Å². The summed E-state index contributed by atoms with van der Waals surface area (Å²) >= 11 is 0. The van der Waals surface area contributed by atoms with Gasteiger partial charge in [0.05, 0.1) is 6.26 Å². The third-order valence-electron chi connectivity index (χ3n) is 3.52. The Morgan fingerprint density at radius 1 is 1.50 bits per heavy atom. The maximum Gasteiger partial charge on any atom is 0.368 e. The van der Waals surface area contributed by atoms with Crippen molar-refractivity contribution in [2.45, 2.75) is 6.92 Å². The second-order valence-electron chi connectivity index (χ2n) is 5.06. The molecule has 8 heteroatoms. The van der Waals surface area contributed by atoms with E-state index in [-0.39, 0.29) is 0 Å². The maximum atomic E-state index is 6.08. The van der Waals surface area contributed by atoms with Crippen molar-refractivity contribution >= 4 is 5.96 Å². The summed E-state index contributed by atoms with van der Waals surface area (Å²) in [6.07, 6.45) is 1.60. The van der Waals surface area contributed by atoms with E-state index >= 15 is 0 Å². The standard InChI is InChI=1S/C14H19N7O/c1-10(20-7-5-16-6-8-20)18-14(15)21-11(2)17-13(19-21)12-4-3-9-22-12/h3-4,9,16H,1,5-8H2,2H3,(H2,15,18)/p+1. The van der Waals surface area contributed by atoms with E-state index in [1.54, 1.807) is 17.0 Å². The van der Waals surface area contributed by atoms with Crippen LogP contribution in [0, 0.1) is 6.92 Å². The number of nitrogens with one attached hydrogen (secondary N) is 2. The van der Waals surface area contributed by atoms with Crippen LogP contribution in [0.1, 0.15) is 5.82 Å². The zero-order chi connectivity index (χ0) is 15.5.